The number of aliphatic imine (C=N–C) groups is 1. The molecule has 0 saturated carbocycles. The number of hydrogen-bond donors (Lipinski definition) is 0. The standard InChI is InChI=1S/C29H27FN3OP/c1-29(2,13-14-31)28-27(19-5-11-24(12-6-19)35(3,4)34)25-15-20-17-32-18-21(20)16-26(25)33(28)23-9-7-22(30)8-10-23/h5-12,15-16,18H,13,17H2,1-4H3. The third-order valence-electron chi connectivity index (χ3n) is 6.74. The molecule has 5 rings (SSSR count). The molecule has 4 aromatic rings. The van der Waals surface area contributed by atoms with Crippen LogP contribution in [0, 0.1) is 17.1 Å². The van der Waals surface area contributed by atoms with Crippen molar-refractivity contribution in [3.05, 3.63) is 83.3 Å². The van der Waals surface area contributed by atoms with Crippen LogP contribution in [-0.4, -0.2) is 24.1 Å². The van der Waals surface area contributed by atoms with Gasteiger partial charge in [0, 0.05) is 45.7 Å². The van der Waals surface area contributed by atoms with Crippen LogP contribution in [0.15, 0.2) is 65.7 Å². The summed E-state index contributed by atoms with van der Waals surface area (Å²) in [5.74, 6) is -0.296. The second-order valence-corrected chi connectivity index (χ2v) is 13.4. The number of nitrogens with zero attached hydrogens (tertiary/aromatic N) is 3. The van der Waals surface area contributed by atoms with Crippen molar-refractivity contribution in [3.8, 4) is 22.9 Å². The van der Waals surface area contributed by atoms with E-state index in [2.05, 4.69) is 41.6 Å². The first kappa shape index (κ1) is 23.3. The van der Waals surface area contributed by atoms with Crippen molar-refractivity contribution < 1.29 is 8.96 Å². The highest BCUT2D eigenvalue weighted by Crippen LogP contribution is 2.45. The molecule has 2 heterocycles. The summed E-state index contributed by atoms with van der Waals surface area (Å²) >= 11 is 0. The van der Waals surface area contributed by atoms with Crippen LogP contribution in [0.2, 0.25) is 0 Å². The molecule has 0 bridgehead atoms. The van der Waals surface area contributed by atoms with Crippen LogP contribution in [0.3, 0.4) is 0 Å². The van der Waals surface area contributed by atoms with Gasteiger partial charge in [-0.05, 0) is 66.4 Å². The summed E-state index contributed by atoms with van der Waals surface area (Å²) in [6.07, 6.45) is 2.21. The number of aromatic nitrogens is 1. The average molecular weight is 484 g/mol. The molecular formula is C29H27FN3OP. The van der Waals surface area contributed by atoms with Gasteiger partial charge >= 0.3 is 0 Å². The van der Waals surface area contributed by atoms with E-state index in [0.29, 0.717) is 13.0 Å². The molecule has 0 amide bonds. The van der Waals surface area contributed by atoms with Crippen molar-refractivity contribution in [2.45, 2.75) is 32.2 Å². The van der Waals surface area contributed by atoms with Crippen LogP contribution in [-0.2, 0) is 16.5 Å². The Kier molecular flexibility index (Phi) is 5.54. The van der Waals surface area contributed by atoms with E-state index in [4.69, 9.17) is 0 Å². The maximum absolute atomic E-state index is 13.9. The minimum Gasteiger partial charge on any atom is -0.319 e. The zero-order valence-corrected chi connectivity index (χ0v) is 21.2. The maximum Gasteiger partial charge on any atom is 0.123 e. The summed E-state index contributed by atoms with van der Waals surface area (Å²) in [4.78, 5) is 4.45. The molecule has 1 aromatic heterocycles. The Labute approximate surface area is 205 Å². The molecule has 0 atom stereocenters. The summed E-state index contributed by atoms with van der Waals surface area (Å²) < 4.78 is 28.7. The van der Waals surface area contributed by atoms with E-state index < -0.39 is 12.6 Å². The second-order valence-electron chi connectivity index (χ2n) is 10.2. The van der Waals surface area contributed by atoms with Crippen LogP contribution < -0.4 is 5.30 Å². The molecule has 6 heteroatoms. The zero-order chi connectivity index (χ0) is 25.0. The predicted molar refractivity (Wildman–Crippen MR) is 142 cm³/mol. The monoisotopic (exact) mass is 483 g/mol. The number of benzene rings is 3. The molecular weight excluding hydrogens is 456 g/mol. The van der Waals surface area contributed by atoms with Crippen molar-refractivity contribution in [1.29, 1.82) is 5.26 Å². The Morgan fingerprint density at radius 2 is 1.77 bits per heavy atom. The lowest BCUT2D eigenvalue weighted by molar-refractivity contribution is 0.516. The van der Waals surface area contributed by atoms with Gasteiger partial charge in [-0.15, -0.1) is 0 Å². The van der Waals surface area contributed by atoms with E-state index in [-0.39, 0.29) is 5.82 Å². The number of fused-ring (bicyclic) bond motifs is 2. The molecule has 176 valence electrons. The van der Waals surface area contributed by atoms with Gasteiger partial charge in [0.15, 0.2) is 0 Å². The molecule has 3 aromatic carbocycles. The lowest BCUT2D eigenvalue weighted by Crippen LogP contribution is -2.21. The van der Waals surface area contributed by atoms with Gasteiger partial charge in [-0.25, -0.2) is 4.39 Å². The molecule has 0 N–H and O–H groups in total. The van der Waals surface area contributed by atoms with Gasteiger partial charge in [-0.1, -0.05) is 38.1 Å². The van der Waals surface area contributed by atoms with Gasteiger partial charge in [0.2, 0.25) is 0 Å². The molecule has 0 radical (unpaired) electrons. The van der Waals surface area contributed by atoms with Crippen LogP contribution in [0.1, 0.15) is 37.1 Å². The molecule has 0 spiro atoms. The second kappa shape index (κ2) is 8.33. The number of halogens is 1. The van der Waals surface area contributed by atoms with E-state index >= 15 is 0 Å². The van der Waals surface area contributed by atoms with E-state index in [1.165, 1.54) is 12.1 Å². The van der Waals surface area contributed by atoms with Crippen LogP contribution >= 0.6 is 7.14 Å². The van der Waals surface area contributed by atoms with Crippen molar-refractivity contribution >= 4 is 29.6 Å². The van der Waals surface area contributed by atoms with Crippen molar-refractivity contribution in [2.24, 2.45) is 4.99 Å². The predicted octanol–water partition coefficient (Wildman–Crippen LogP) is 6.81. The normalized spacial score (nSPS) is 13.3. The molecule has 1 aliphatic rings. The van der Waals surface area contributed by atoms with Crippen LogP contribution in [0.5, 0.6) is 0 Å². The zero-order valence-electron chi connectivity index (χ0n) is 20.3. The molecule has 1 aliphatic heterocycles. The Bertz CT molecular complexity index is 1570. The van der Waals surface area contributed by atoms with Crippen molar-refractivity contribution in [3.63, 3.8) is 0 Å². The fourth-order valence-electron chi connectivity index (χ4n) is 4.95. The van der Waals surface area contributed by atoms with Gasteiger partial charge in [0.05, 0.1) is 18.1 Å². The first-order chi connectivity index (χ1) is 16.6. The third kappa shape index (κ3) is 4.03. The Hall–Kier alpha value is -3.48. The highest BCUT2D eigenvalue weighted by molar-refractivity contribution is 7.70. The molecule has 35 heavy (non-hydrogen) atoms. The topological polar surface area (TPSA) is 58.1 Å². The lowest BCUT2D eigenvalue weighted by atomic mass is 9.81. The van der Waals surface area contributed by atoms with E-state index in [1.54, 1.807) is 25.5 Å². The minimum atomic E-state index is -2.39. The van der Waals surface area contributed by atoms with Crippen molar-refractivity contribution in [1.82, 2.24) is 4.57 Å². The first-order valence-electron chi connectivity index (χ1n) is 11.6. The van der Waals surface area contributed by atoms with Crippen molar-refractivity contribution in [2.75, 3.05) is 13.3 Å². The Morgan fingerprint density at radius 1 is 1.09 bits per heavy atom. The fraction of sp³-hybridized carbons (Fsp3) is 0.241. The largest absolute Gasteiger partial charge is 0.319 e. The Balaban J connectivity index is 1.91. The van der Waals surface area contributed by atoms with Gasteiger partial charge in [0.25, 0.3) is 0 Å². The Morgan fingerprint density at radius 3 is 2.40 bits per heavy atom. The summed E-state index contributed by atoms with van der Waals surface area (Å²) in [6, 6.07) is 21.1. The van der Waals surface area contributed by atoms with E-state index in [9.17, 15) is 14.2 Å². The highest BCUT2D eigenvalue weighted by Gasteiger charge is 2.32. The molecule has 4 nitrogen and oxygen atoms in total. The number of hydrogen-bond acceptors (Lipinski definition) is 3. The molecule has 0 aliphatic carbocycles. The number of nitriles is 1. The molecule has 0 saturated heterocycles. The summed E-state index contributed by atoms with van der Waals surface area (Å²) in [7, 11) is -2.39. The van der Waals surface area contributed by atoms with Crippen LogP contribution in [0.25, 0.3) is 27.7 Å². The summed E-state index contributed by atoms with van der Waals surface area (Å²) in [6.45, 7) is 8.32. The SMILES string of the molecule is CC(C)(CC#N)c1c(-c2ccc(P(C)(C)=O)cc2)c2cc3c(cc2n1-c1ccc(F)cc1)C=NC3. The fourth-order valence-corrected chi connectivity index (χ4v) is 5.82. The van der Waals surface area contributed by atoms with Gasteiger partial charge < -0.3 is 9.13 Å². The third-order valence-corrected chi connectivity index (χ3v) is 8.29. The molecule has 0 unspecified atom stereocenters. The first-order valence-corrected chi connectivity index (χ1v) is 14.2. The minimum absolute atomic E-state index is 0.296. The summed E-state index contributed by atoms with van der Waals surface area (Å²) in [5, 5.41) is 11.6. The highest BCUT2D eigenvalue weighted by atomic mass is 31.2. The average Bonchev–Trinajstić information content (AvgIpc) is 3.40. The van der Waals surface area contributed by atoms with E-state index in [0.717, 1.165) is 49.8 Å². The summed E-state index contributed by atoms with van der Waals surface area (Å²) in [5.41, 5.74) is 6.57. The quantitative estimate of drug-likeness (QED) is 0.293. The van der Waals surface area contributed by atoms with E-state index in [1.807, 2.05) is 30.5 Å². The maximum atomic E-state index is 13.9. The van der Waals surface area contributed by atoms with Gasteiger partial charge in [-0.2, -0.15) is 5.26 Å². The van der Waals surface area contributed by atoms with Gasteiger partial charge in [0.1, 0.15) is 13.0 Å². The van der Waals surface area contributed by atoms with Crippen LogP contribution in [0.4, 0.5) is 4.39 Å². The number of rotatable bonds is 5. The lowest BCUT2D eigenvalue weighted by Gasteiger charge is -2.26. The molecule has 0 fully saturated rings. The smallest absolute Gasteiger partial charge is 0.123 e. The van der Waals surface area contributed by atoms with Gasteiger partial charge in [-0.3, -0.25) is 4.99 Å².